The van der Waals surface area contributed by atoms with Crippen LogP contribution in [0.2, 0.25) is 0 Å². The summed E-state index contributed by atoms with van der Waals surface area (Å²) >= 11 is 0. The van der Waals surface area contributed by atoms with Gasteiger partial charge in [0.15, 0.2) is 5.79 Å². The summed E-state index contributed by atoms with van der Waals surface area (Å²) in [4.78, 5) is 10.6. The van der Waals surface area contributed by atoms with Crippen LogP contribution in [0.25, 0.3) is 0 Å². The van der Waals surface area contributed by atoms with E-state index in [0.717, 1.165) is 5.56 Å². The van der Waals surface area contributed by atoms with E-state index >= 15 is 0 Å². The first-order chi connectivity index (χ1) is 8.89. The van der Waals surface area contributed by atoms with Crippen molar-refractivity contribution in [1.29, 1.82) is 0 Å². The molecular formula is C13H18N2O4. The summed E-state index contributed by atoms with van der Waals surface area (Å²) in [6.45, 7) is 6.51. The highest BCUT2D eigenvalue weighted by molar-refractivity contribution is 5.65. The summed E-state index contributed by atoms with van der Waals surface area (Å²) in [6, 6.07) is 5.01. The van der Waals surface area contributed by atoms with Crippen LogP contribution in [-0.4, -0.2) is 30.0 Å². The van der Waals surface area contributed by atoms with Crippen molar-refractivity contribution in [3.63, 3.8) is 0 Å². The average Bonchev–Trinajstić information content (AvgIpc) is 2.67. The predicted octanol–water partition coefficient (Wildman–Crippen LogP) is 2.47. The second-order valence-electron chi connectivity index (χ2n) is 5.06. The molecule has 1 N–H and O–H groups in total. The molecule has 6 heteroatoms. The Kier molecular flexibility index (Phi) is 3.73. The van der Waals surface area contributed by atoms with E-state index < -0.39 is 5.79 Å². The zero-order valence-electron chi connectivity index (χ0n) is 11.3. The fourth-order valence-electron chi connectivity index (χ4n) is 2.11. The lowest BCUT2D eigenvalue weighted by atomic mass is 10.1. The number of nitro groups is 1. The largest absolute Gasteiger partial charge is 0.377 e. The lowest BCUT2D eigenvalue weighted by molar-refractivity contribution is -0.384. The topological polar surface area (TPSA) is 73.6 Å². The van der Waals surface area contributed by atoms with Crippen LogP contribution in [0, 0.1) is 17.0 Å². The van der Waals surface area contributed by atoms with Crippen molar-refractivity contribution in [2.24, 2.45) is 0 Å². The lowest BCUT2D eigenvalue weighted by Crippen LogP contribution is -2.26. The van der Waals surface area contributed by atoms with Gasteiger partial charge in [0.2, 0.25) is 0 Å². The van der Waals surface area contributed by atoms with E-state index in [1.165, 1.54) is 6.07 Å². The molecule has 104 valence electrons. The number of nitro benzene ring substituents is 1. The van der Waals surface area contributed by atoms with E-state index in [0.29, 0.717) is 18.8 Å². The first-order valence-corrected chi connectivity index (χ1v) is 6.19. The van der Waals surface area contributed by atoms with Gasteiger partial charge >= 0.3 is 0 Å². The van der Waals surface area contributed by atoms with Crippen LogP contribution < -0.4 is 5.32 Å². The summed E-state index contributed by atoms with van der Waals surface area (Å²) in [5, 5.41) is 14.1. The number of nitrogens with one attached hydrogen (secondary N) is 1. The zero-order valence-corrected chi connectivity index (χ0v) is 11.3. The summed E-state index contributed by atoms with van der Waals surface area (Å²) in [7, 11) is 0. The zero-order chi connectivity index (χ0) is 14.0. The van der Waals surface area contributed by atoms with E-state index in [1.807, 2.05) is 26.8 Å². The van der Waals surface area contributed by atoms with Gasteiger partial charge in [-0.2, -0.15) is 0 Å². The first kappa shape index (κ1) is 13.8. The van der Waals surface area contributed by atoms with Crippen molar-refractivity contribution < 1.29 is 14.4 Å². The maximum Gasteiger partial charge on any atom is 0.292 e. The molecule has 1 fully saturated rings. The number of para-hydroxylation sites is 1. The van der Waals surface area contributed by atoms with Gasteiger partial charge in [0.1, 0.15) is 11.8 Å². The molecule has 0 spiro atoms. The number of nitrogens with zero attached hydrogens (tertiary/aromatic N) is 1. The Morgan fingerprint density at radius 2 is 2.26 bits per heavy atom. The standard InChI is InChI=1S/C13H18N2O4/c1-9-5-4-6-11(15(16)17)12(9)14-7-10-8-18-13(2,3)19-10/h4-6,10,14H,7-8H2,1-3H3. The van der Waals surface area contributed by atoms with Crippen molar-refractivity contribution in [2.45, 2.75) is 32.7 Å². The Labute approximate surface area is 111 Å². The van der Waals surface area contributed by atoms with Crippen LogP contribution in [0.4, 0.5) is 11.4 Å². The summed E-state index contributed by atoms with van der Waals surface area (Å²) in [6.07, 6.45) is -0.103. The van der Waals surface area contributed by atoms with Gasteiger partial charge in [-0.05, 0) is 26.3 Å². The van der Waals surface area contributed by atoms with Crippen LogP contribution in [0.1, 0.15) is 19.4 Å². The number of benzene rings is 1. The molecule has 19 heavy (non-hydrogen) atoms. The van der Waals surface area contributed by atoms with Gasteiger partial charge in [-0.1, -0.05) is 12.1 Å². The number of anilines is 1. The van der Waals surface area contributed by atoms with Gasteiger partial charge in [-0.25, -0.2) is 0 Å². The molecule has 1 aromatic rings. The minimum absolute atomic E-state index is 0.0816. The second-order valence-corrected chi connectivity index (χ2v) is 5.06. The SMILES string of the molecule is Cc1cccc([N+](=O)[O-])c1NCC1COC(C)(C)O1. The average molecular weight is 266 g/mol. The molecule has 0 radical (unpaired) electrons. The molecule has 0 saturated carbocycles. The predicted molar refractivity (Wildman–Crippen MR) is 71.2 cm³/mol. The van der Waals surface area contributed by atoms with E-state index in [9.17, 15) is 10.1 Å². The molecule has 0 aliphatic carbocycles. The van der Waals surface area contributed by atoms with Crippen LogP contribution in [0.3, 0.4) is 0 Å². The maximum absolute atomic E-state index is 11.0. The quantitative estimate of drug-likeness (QED) is 0.669. The van der Waals surface area contributed by atoms with Crippen molar-refractivity contribution in [3.05, 3.63) is 33.9 Å². The molecule has 1 atom stereocenters. The Morgan fingerprint density at radius 3 is 2.84 bits per heavy atom. The molecule has 1 saturated heterocycles. The van der Waals surface area contributed by atoms with E-state index in [2.05, 4.69) is 5.32 Å². The van der Waals surface area contributed by atoms with Crippen molar-refractivity contribution in [2.75, 3.05) is 18.5 Å². The van der Waals surface area contributed by atoms with Gasteiger partial charge in [0.25, 0.3) is 5.69 Å². The third-order valence-corrected chi connectivity index (χ3v) is 3.02. The number of ether oxygens (including phenoxy) is 2. The normalized spacial score (nSPS) is 21.3. The van der Waals surface area contributed by atoms with Gasteiger partial charge in [-0.15, -0.1) is 0 Å². The maximum atomic E-state index is 11.0. The van der Waals surface area contributed by atoms with E-state index in [-0.39, 0.29) is 16.7 Å². The minimum Gasteiger partial charge on any atom is -0.377 e. The molecule has 1 unspecified atom stereocenters. The number of aryl methyl sites for hydroxylation is 1. The third kappa shape index (κ3) is 3.21. The highest BCUT2D eigenvalue weighted by Gasteiger charge is 2.32. The minimum atomic E-state index is -0.579. The van der Waals surface area contributed by atoms with Crippen molar-refractivity contribution >= 4 is 11.4 Å². The highest BCUT2D eigenvalue weighted by Crippen LogP contribution is 2.28. The molecule has 0 amide bonds. The van der Waals surface area contributed by atoms with Gasteiger partial charge in [0, 0.05) is 12.6 Å². The smallest absolute Gasteiger partial charge is 0.292 e. The third-order valence-electron chi connectivity index (χ3n) is 3.02. The number of rotatable bonds is 4. The molecular weight excluding hydrogens is 248 g/mol. The van der Waals surface area contributed by atoms with E-state index in [4.69, 9.17) is 9.47 Å². The molecule has 2 rings (SSSR count). The van der Waals surface area contributed by atoms with Crippen molar-refractivity contribution in [3.8, 4) is 0 Å². The first-order valence-electron chi connectivity index (χ1n) is 6.19. The fraction of sp³-hybridized carbons (Fsp3) is 0.538. The Balaban J connectivity index is 2.06. The Morgan fingerprint density at radius 1 is 1.53 bits per heavy atom. The molecule has 0 aromatic heterocycles. The summed E-state index contributed by atoms with van der Waals surface area (Å²) < 4.78 is 11.1. The van der Waals surface area contributed by atoms with Crippen LogP contribution in [0.15, 0.2) is 18.2 Å². The molecule has 0 bridgehead atoms. The Bertz CT molecular complexity index is 488. The number of hydrogen-bond acceptors (Lipinski definition) is 5. The lowest BCUT2D eigenvalue weighted by Gasteiger charge is -2.18. The summed E-state index contributed by atoms with van der Waals surface area (Å²) in [5.41, 5.74) is 1.46. The monoisotopic (exact) mass is 266 g/mol. The van der Waals surface area contributed by atoms with Crippen LogP contribution in [-0.2, 0) is 9.47 Å². The molecule has 1 aromatic carbocycles. The molecule has 6 nitrogen and oxygen atoms in total. The van der Waals surface area contributed by atoms with Crippen LogP contribution in [0.5, 0.6) is 0 Å². The molecule has 1 aliphatic heterocycles. The van der Waals surface area contributed by atoms with Gasteiger partial charge < -0.3 is 14.8 Å². The van der Waals surface area contributed by atoms with Crippen LogP contribution >= 0.6 is 0 Å². The Hall–Kier alpha value is -1.66. The molecule has 1 aliphatic rings. The van der Waals surface area contributed by atoms with Gasteiger partial charge in [0.05, 0.1) is 11.5 Å². The van der Waals surface area contributed by atoms with Crippen molar-refractivity contribution in [1.82, 2.24) is 0 Å². The highest BCUT2D eigenvalue weighted by atomic mass is 16.7. The van der Waals surface area contributed by atoms with Gasteiger partial charge in [-0.3, -0.25) is 10.1 Å². The fourth-order valence-corrected chi connectivity index (χ4v) is 2.11. The number of hydrogen-bond donors (Lipinski definition) is 1. The summed E-state index contributed by atoms with van der Waals surface area (Å²) in [5.74, 6) is -0.579. The molecule has 1 heterocycles. The second kappa shape index (κ2) is 5.14. The van der Waals surface area contributed by atoms with E-state index in [1.54, 1.807) is 6.07 Å².